The highest BCUT2D eigenvalue weighted by Gasteiger charge is 2.39. The van der Waals surface area contributed by atoms with Crippen LogP contribution in [0.3, 0.4) is 0 Å². The van der Waals surface area contributed by atoms with E-state index in [1.807, 2.05) is 0 Å². The highest BCUT2D eigenvalue weighted by atomic mass is 19.4. The third-order valence-electron chi connectivity index (χ3n) is 4.60. The van der Waals surface area contributed by atoms with Gasteiger partial charge in [0.15, 0.2) is 17.2 Å². The third kappa shape index (κ3) is 3.80. The standard InChI is InChI=1S/C20H17F3N2O4/c1-27-14-5-2-12(3-6-14)10-25-19(26)15(18(24-25)20(21,22)23)8-13-4-7-16-17(9-13)29-11-28-16/h2-7,9,26H,8,10-11H2,1H3. The van der Waals surface area contributed by atoms with Gasteiger partial charge in [-0.05, 0) is 35.4 Å². The molecule has 0 aliphatic carbocycles. The van der Waals surface area contributed by atoms with Gasteiger partial charge in [-0.3, -0.25) is 0 Å². The lowest BCUT2D eigenvalue weighted by molar-refractivity contribution is -0.142. The van der Waals surface area contributed by atoms with Crippen LogP contribution in [-0.2, 0) is 19.1 Å². The summed E-state index contributed by atoms with van der Waals surface area (Å²) in [7, 11) is 1.52. The lowest BCUT2D eigenvalue weighted by atomic mass is 10.0. The Labute approximate surface area is 164 Å². The zero-order valence-corrected chi connectivity index (χ0v) is 15.4. The second-order valence-electron chi connectivity index (χ2n) is 6.52. The summed E-state index contributed by atoms with van der Waals surface area (Å²) in [5, 5.41) is 14.2. The predicted molar refractivity (Wildman–Crippen MR) is 96.4 cm³/mol. The summed E-state index contributed by atoms with van der Waals surface area (Å²) in [5.41, 5.74) is -0.183. The van der Waals surface area contributed by atoms with Crippen LogP contribution in [0.4, 0.5) is 13.2 Å². The van der Waals surface area contributed by atoms with Gasteiger partial charge in [-0.15, -0.1) is 0 Å². The first-order chi connectivity index (χ1) is 13.8. The maximum Gasteiger partial charge on any atom is 0.435 e. The molecule has 0 spiro atoms. The Kier molecular flexibility index (Phi) is 4.73. The number of nitrogens with zero attached hydrogens (tertiary/aromatic N) is 2. The van der Waals surface area contributed by atoms with Gasteiger partial charge in [-0.1, -0.05) is 18.2 Å². The van der Waals surface area contributed by atoms with Gasteiger partial charge >= 0.3 is 6.18 Å². The molecule has 1 aliphatic heterocycles. The highest BCUT2D eigenvalue weighted by Crippen LogP contribution is 2.38. The van der Waals surface area contributed by atoms with Crippen molar-refractivity contribution < 1.29 is 32.5 Å². The molecule has 0 bridgehead atoms. The van der Waals surface area contributed by atoms with Crippen molar-refractivity contribution in [3.8, 4) is 23.1 Å². The predicted octanol–water partition coefficient (Wildman–Crippen LogP) is 3.98. The number of halogens is 3. The van der Waals surface area contributed by atoms with Gasteiger partial charge in [0.05, 0.1) is 19.2 Å². The summed E-state index contributed by atoms with van der Waals surface area (Å²) in [6.07, 6.45) is -4.85. The van der Waals surface area contributed by atoms with Gasteiger partial charge in [-0.25, -0.2) is 4.68 Å². The second kappa shape index (κ2) is 7.23. The lowest BCUT2D eigenvalue weighted by Gasteiger charge is -2.07. The van der Waals surface area contributed by atoms with Crippen molar-refractivity contribution in [2.45, 2.75) is 19.1 Å². The molecule has 2 aromatic carbocycles. The van der Waals surface area contributed by atoms with Gasteiger partial charge in [0.25, 0.3) is 0 Å². The largest absolute Gasteiger partial charge is 0.497 e. The molecule has 0 fully saturated rings. The molecule has 0 atom stereocenters. The molecule has 1 N–H and O–H groups in total. The van der Waals surface area contributed by atoms with E-state index < -0.39 is 17.8 Å². The van der Waals surface area contributed by atoms with Crippen LogP contribution in [0.5, 0.6) is 23.1 Å². The maximum atomic E-state index is 13.6. The van der Waals surface area contributed by atoms with E-state index in [0.29, 0.717) is 28.4 Å². The first-order valence-electron chi connectivity index (χ1n) is 8.72. The molecule has 152 valence electrons. The Hall–Kier alpha value is -3.36. The van der Waals surface area contributed by atoms with Crippen LogP contribution in [0.15, 0.2) is 42.5 Å². The summed E-state index contributed by atoms with van der Waals surface area (Å²) in [5.74, 6) is 1.09. The number of rotatable bonds is 5. The van der Waals surface area contributed by atoms with E-state index in [0.717, 1.165) is 4.68 Å². The monoisotopic (exact) mass is 406 g/mol. The Bertz CT molecular complexity index is 1030. The summed E-state index contributed by atoms with van der Waals surface area (Å²) in [6, 6.07) is 11.6. The van der Waals surface area contributed by atoms with Gasteiger partial charge in [0, 0.05) is 6.42 Å². The molecular formula is C20H17F3N2O4. The zero-order valence-electron chi connectivity index (χ0n) is 15.4. The van der Waals surface area contributed by atoms with Crippen molar-refractivity contribution in [3.63, 3.8) is 0 Å². The van der Waals surface area contributed by atoms with Crippen LogP contribution >= 0.6 is 0 Å². The Morgan fingerprint density at radius 3 is 2.45 bits per heavy atom. The smallest absolute Gasteiger partial charge is 0.435 e. The molecule has 2 heterocycles. The number of fused-ring (bicyclic) bond motifs is 1. The highest BCUT2D eigenvalue weighted by molar-refractivity contribution is 5.47. The number of hydrogen-bond donors (Lipinski definition) is 1. The number of hydrogen-bond acceptors (Lipinski definition) is 5. The number of methoxy groups -OCH3 is 1. The van der Waals surface area contributed by atoms with Crippen molar-refractivity contribution >= 4 is 0 Å². The van der Waals surface area contributed by atoms with E-state index in [9.17, 15) is 18.3 Å². The number of ether oxygens (including phenoxy) is 3. The lowest BCUT2D eigenvalue weighted by Crippen LogP contribution is -2.10. The van der Waals surface area contributed by atoms with E-state index in [2.05, 4.69) is 5.10 Å². The average Bonchev–Trinajstić information content (AvgIpc) is 3.28. The molecule has 1 aromatic heterocycles. The normalized spacial score (nSPS) is 13.0. The van der Waals surface area contributed by atoms with Gasteiger partial charge in [0.1, 0.15) is 5.75 Å². The maximum absolute atomic E-state index is 13.6. The fraction of sp³-hybridized carbons (Fsp3) is 0.250. The van der Waals surface area contributed by atoms with E-state index in [1.165, 1.54) is 7.11 Å². The number of benzene rings is 2. The third-order valence-corrected chi connectivity index (χ3v) is 4.60. The average molecular weight is 406 g/mol. The van der Waals surface area contributed by atoms with Crippen LogP contribution in [0.25, 0.3) is 0 Å². The van der Waals surface area contributed by atoms with Crippen molar-refractivity contribution in [1.29, 1.82) is 0 Å². The first-order valence-corrected chi connectivity index (χ1v) is 8.72. The summed E-state index contributed by atoms with van der Waals surface area (Å²) >= 11 is 0. The second-order valence-corrected chi connectivity index (χ2v) is 6.52. The van der Waals surface area contributed by atoms with Crippen LogP contribution in [0.1, 0.15) is 22.4 Å². The molecule has 0 saturated carbocycles. The van der Waals surface area contributed by atoms with Crippen LogP contribution in [-0.4, -0.2) is 28.8 Å². The van der Waals surface area contributed by atoms with Gasteiger partial charge in [-0.2, -0.15) is 18.3 Å². The van der Waals surface area contributed by atoms with Crippen molar-refractivity contribution in [2.24, 2.45) is 0 Å². The van der Waals surface area contributed by atoms with Crippen LogP contribution in [0, 0.1) is 0 Å². The molecule has 9 heteroatoms. The van der Waals surface area contributed by atoms with Crippen molar-refractivity contribution in [1.82, 2.24) is 9.78 Å². The molecule has 29 heavy (non-hydrogen) atoms. The summed E-state index contributed by atoms with van der Waals surface area (Å²) in [6.45, 7) is 0.0533. The van der Waals surface area contributed by atoms with Crippen LogP contribution < -0.4 is 14.2 Å². The molecule has 3 aromatic rings. The minimum Gasteiger partial charge on any atom is -0.497 e. The Morgan fingerprint density at radius 2 is 1.76 bits per heavy atom. The summed E-state index contributed by atoms with van der Waals surface area (Å²) in [4.78, 5) is 0. The van der Waals surface area contributed by atoms with Crippen molar-refractivity contribution in [3.05, 3.63) is 64.8 Å². The molecule has 4 rings (SSSR count). The first kappa shape index (κ1) is 19.0. The van der Waals surface area contributed by atoms with Gasteiger partial charge in [0.2, 0.25) is 12.7 Å². The van der Waals surface area contributed by atoms with E-state index in [4.69, 9.17) is 14.2 Å². The topological polar surface area (TPSA) is 65.7 Å². The molecule has 0 amide bonds. The molecule has 0 unspecified atom stereocenters. The number of aromatic nitrogens is 2. The molecular weight excluding hydrogens is 389 g/mol. The minimum atomic E-state index is -4.70. The Balaban J connectivity index is 1.66. The van der Waals surface area contributed by atoms with Crippen LogP contribution in [0.2, 0.25) is 0 Å². The fourth-order valence-electron chi connectivity index (χ4n) is 3.15. The van der Waals surface area contributed by atoms with E-state index in [1.54, 1.807) is 42.5 Å². The number of aromatic hydroxyl groups is 1. The van der Waals surface area contributed by atoms with E-state index >= 15 is 0 Å². The molecule has 0 radical (unpaired) electrons. The number of alkyl halides is 3. The zero-order chi connectivity index (χ0) is 20.6. The SMILES string of the molecule is COc1ccc(Cn2nc(C(F)(F)F)c(Cc3ccc4c(c3)OCO4)c2O)cc1. The molecule has 6 nitrogen and oxygen atoms in total. The minimum absolute atomic E-state index is 0.0138. The quantitative estimate of drug-likeness (QED) is 0.694. The molecule has 1 aliphatic rings. The van der Waals surface area contributed by atoms with Crippen molar-refractivity contribution in [2.75, 3.05) is 13.9 Å². The van der Waals surface area contributed by atoms with Gasteiger partial charge < -0.3 is 19.3 Å². The Morgan fingerprint density at radius 1 is 1.07 bits per heavy atom. The summed E-state index contributed by atoms with van der Waals surface area (Å²) < 4.78 is 57.2. The fourth-order valence-corrected chi connectivity index (χ4v) is 3.15. The molecule has 0 saturated heterocycles. The van der Waals surface area contributed by atoms with E-state index in [-0.39, 0.29) is 25.3 Å².